The summed E-state index contributed by atoms with van der Waals surface area (Å²) in [6.07, 6.45) is 0. The van der Waals surface area contributed by atoms with Gasteiger partial charge in [-0.25, -0.2) is 0 Å². The average molecular weight is 308 g/mol. The first kappa shape index (κ1) is 14.3. The van der Waals surface area contributed by atoms with Crippen molar-refractivity contribution in [1.82, 2.24) is 5.32 Å². The Morgan fingerprint density at radius 3 is 2.50 bits per heavy atom. The van der Waals surface area contributed by atoms with E-state index in [0.717, 1.165) is 25.3 Å². The van der Waals surface area contributed by atoms with Gasteiger partial charge in [-0.15, -0.1) is 0 Å². The molecule has 1 heterocycles. The second-order valence-corrected chi connectivity index (χ2v) is 6.19. The van der Waals surface area contributed by atoms with E-state index in [1.807, 2.05) is 6.07 Å². The maximum absolute atomic E-state index is 6.26. The highest BCUT2D eigenvalue weighted by Gasteiger charge is 2.23. The van der Waals surface area contributed by atoms with Gasteiger partial charge in [0, 0.05) is 25.7 Å². The molecule has 0 aromatic heterocycles. The second kappa shape index (κ2) is 5.87. The lowest BCUT2D eigenvalue weighted by atomic mass is 10.0. The van der Waals surface area contributed by atoms with E-state index < -0.39 is 0 Å². The van der Waals surface area contributed by atoms with Crippen molar-refractivity contribution >= 4 is 40.5 Å². The number of nitrogens with one attached hydrogen (secondary N) is 1. The van der Waals surface area contributed by atoms with Gasteiger partial charge in [0.25, 0.3) is 0 Å². The summed E-state index contributed by atoms with van der Waals surface area (Å²) in [4.78, 5) is 2.27. The van der Waals surface area contributed by atoms with Crippen molar-refractivity contribution in [2.24, 2.45) is 5.92 Å². The van der Waals surface area contributed by atoms with Crippen molar-refractivity contribution in [2.45, 2.75) is 19.9 Å². The maximum atomic E-state index is 6.26. The first-order valence-electron chi connectivity index (χ1n) is 6.12. The number of anilines is 1. The third-order valence-corrected chi connectivity index (χ3v) is 4.37. The molecule has 0 radical (unpaired) electrons. The summed E-state index contributed by atoms with van der Waals surface area (Å²) in [6.45, 7) is 7.27. The molecule has 100 valence electrons. The zero-order chi connectivity index (χ0) is 13.3. The highest BCUT2D eigenvalue weighted by atomic mass is 35.5. The average Bonchev–Trinajstić information content (AvgIpc) is 2.34. The quantitative estimate of drug-likeness (QED) is 0.828. The van der Waals surface area contributed by atoms with Crippen LogP contribution in [0.1, 0.15) is 13.8 Å². The lowest BCUT2D eigenvalue weighted by molar-refractivity contribution is 0.368. The summed E-state index contributed by atoms with van der Waals surface area (Å²) in [5.74, 6) is 0.592. The fourth-order valence-electron chi connectivity index (χ4n) is 2.20. The van der Waals surface area contributed by atoms with Gasteiger partial charge in [0.15, 0.2) is 0 Å². The molecule has 5 heteroatoms. The van der Waals surface area contributed by atoms with Gasteiger partial charge in [0.05, 0.1) is 20.8 Å². The highest BCUT2D eigenvalue weighted by molar-refractivity contribution is 6.44. The molecule has 1 N–H and O–H groups in total. The van der Waals surface area contributed by atoms with Crippen LogP contribution < -0.4 is 10.2 Å². The molecule has 0 amide bonds. The van der Waals surface area contributed by atoms with Crippen LogP contribution in [-0.4, -0.2) is 25.7 Å². The van der Waals surface area contributed by atoms with Gasteiger partial charge in [0.2, 0.25) is 0 Å². The molecular weight excluding hydrogens is 291 g/mol. The number of piperazine rings is 1. The van der Waals surface area contributed by atoms with Gasteiger partial charge in [-0.2, -0.15) is 0 Å². The molecule has 1 unspecified atom stereocenters. The number of rotatable bonds is 2. The zero-order valence-corrected chi connectivity index (χ0v) is 12.8. The van der Waals surface area contributed by atoms with E-state index in [1.54, 1.807) is 6.07 Å². The van der Waals surface area contributed by atoms with E-state index in [-0.39, 0.29) is 0 Å². The molecule has 1 aliphatic rings. The van der Waals surface area contributed by atoms with E-state index in [9.17, 15) is 0 Å². The van der Waals surface area contributed by atoms with Crippen LogP contribution in [0, 0.1) is 5.92 Å². The summed E-state index contributed by atoms with van der Waals surface area (Å²) >= 11 is 18.3. The number of nitrogens with zero attached hydrogens (tertiary/aromatic N) is 1. The largest absolute Gasteiger partial charge is 0.367 e. The van der Waals surface area contributed by atoms with Crippen molar-refractivity contribution in [3.63, 3.8) is 0 Å². The molecule has 0 saturated carbocycles. The van der Waals surface area contributed by atoms with E-state index in [1.165, 1.54) is 0 Å². The van der Waals surface area contributed by atoms with Crippen LogP contribution in [-0.2, 0) is 0 Å². The number of benzene rings is 1. The highest BCUT2D eigenvalue weighted by Crippen LogP contribution is 2.35. The Hall–Kier alpha value is -0.150. The summed E-state index contributed by atoms with van der Waals surface area (Å²) in [5, 5.41) is 5.23. The van der Waals surface area contributed by atoms with Crippen molar-refractivity contribution in [3.8, 4) is 0 Å². The molecule has 1 saturated heterocycles. The fourth-order valence-corrected chi connectivity index (χ4v) is 2.86. The standard InChI is InChI=1S/C13H17Cl3N2/c1-8(2)12-7-18(4-3-17-12)13-6-10(15)9(14)5-11(13)16/h5-6,8,12,17H,3-4,7H2,1-2H3. The van der Waals surface area contributed by atoms with Gasteiger partial charge in [-0.3, -0.25) is 0 Å². The van der Waals surface area contributed by atoms with Crippen LogP contribution >= 0.6 is 34.8 Å². The molecule has 1 aromatic carbocycles. The van der Waals surface area contributed by atoms with Gasteiger partial charge < -0.3 is 10.2 Å². The molecule has 1 aliphatic heterocycles. The molecule has 18 heavy (non-hydrogen) atoms. The van der Waals surface area contributed by atoms with Gasteiger partial charge in [0.1, 0.15) is 0 Å². The molecule has 0 aliphatic carbocycles. The maximum Gasteiger partial charge on any atom is 0.0655 e. The Labute approximate surface area is 123 Å². The number of halogens is 3. The van der Waals surface area contributed by atoms with Crippen LogP contribution in [0.3, 0.4) is 0 Å². The molecule has 2 rings (SSSR count). The fraction of sp³-hybridized carbons (Fsp3) is 0.538. The van der Waals surface area contributed by atoms with Crippen LogP contribution in [0.2, 0.25) is 15.1 Å². The summed E-state index contributed by atoms with van der Waals surface area (Å²) in [7, 11) is 0. The predicted molar refractivity (Wildman–Crippen MR) is 80.3 cm³/mol. The lowest BCUT2D eigenvalue weighted by Crippen LogP contribution is -2.53. The van der Waals surface area contributed by atoms with Crippen LogP contribution in [0.15, 0.2) is 12.1 Å². The Kier molecular flexibility index (Phi) is 4.65. The molecular formula is C13H17Cl3N2. The minimum Gasteiger partial charge on any atom is -0.367 e. The molecule has 2 nitrogen and oxygen atoms in total. The molecule has 0 bridgehead atoms. The number of hydrogen-bond acceptors (Lipinski definition) is 2. The molecule has 1 aromatic rings. The Bertz CT molecular complexity index is 434. The first-order valence-corrected chi connectivity index (χ1v) is 7.25. The van der Waals surface area contributed by atoms with E-state index >= 15 is 0 Å². The van der Waals surface area contributed by atoms with Crippen molar-refractivity contribution < 1.29 is 0 Å². The van der Waals surface area contributed by atoms with Crippen LogP contribution in [0.4, 0.5) is 5.69 Å². The van der Waals surface area contributed by atoms with Crippen LogP contribution in [0.25, 0.3) is 0 Å². The lowest BCUT2D eigenvalue weighted by Gasteiger charge is -2.37. The smallest absolute Gasteiger partial charge is 0.0655 e. The van der Waals surface area contributed by atoms with Crippen molar-refractivity contribution in [1.29, 1.82) is 0 Å². The van der Waals surface area contributed by atoms with Crippen molar-refractivity contribution in [3.05, 3.63) is 27.2 Å². The third kappa shape index (κ3) is 3.05. The topological polar surface area (TPSA) is 15.3 Å². The van der Waals surface area contributed by atoms with Gasteiger partial charge >= 0.3 is 0 Å². The minimum absolute atomic E-state index is 0.476. The van der Waals surface area contributed by atoms with E-state index in [2.05, 4.69) is 24.1 Å². The van der Waals surface area contributed by atoms with Crippen LogP contribution in [0.5, 0.6) is 0 Å². The molecule has 1 fully saturated rings. The second-order valence-electron chi connectivity index (χ2n) is 4.97. The van der Waals surface area contributed by atoms with Gasteiger partial charge in [-0.1, -0.05) is 48.7 Å². The Morgan fingerprint density at radius 1 is 1.17 bits per heavy atom. The van der Waals surface area contributed by atoms with Crippen molar-refractivity contribution in [2.75, 3.05) is 24.5 Å². The Morgan fingerprint density at radius 2 is 1.83 bits per heavy atom. The minimum atomic E-state index is 0.476. The summed E-state index contributed by atoms with van der Waals surface area (Å²) in [6, 6.07) is 4.05. The third-order valence-electron chi connectivity index (χ3n) is 3.34. The molecule has 1 atom stereocenters. The zero-order valence-electron chi connectivity index (χ0n) is 10.5. The summed E-state index contributed by atoms with van der Waals surface area (Å²) in [5.41, 5.74) is 0.971. The Balaban J connectivity index is 2.23. The SMILES string of the molecule is CC(C)C1CN(c2cc(Cl)c(Cl)cc2Cl)CCN1. The number of hydrogen-bond donors (Lipinski definition) is 1. The van der Waals surface area contributed by atoms with E-state index in [4.69, 9.17) is 34.8 Å². The normalized spacial score (nSPS) is 20.6. The first-order chi connectivity index (χ1) is 8.49. The molecule has 0 spiro atoms. The van der Waals surface area contributed by atoms with E-state index in [0.29, 0.717) is 27.0 Å². The monoisotopic (exact) mass is 306 g/mol. The summed E-state index contributed by atoms with van der Waals surface area (Å²) < 4.78 is 0. The predicted octanol–water partition coefficient (Wildman–Crippen LogP) is 4.08. The van der Waals surface area contributed by atoms with Gasteiger partial charge in [-0.05, 0) is 18.1 Å².